The fourth-order valence-corrected chi connectivity index (χ4v) is 3.66. The molecule has 1 unspecified atom stereocenters. The molecule has 0 saturated carbocycles. The summed E-state index contributed by atoms with van der Waals surface area (Å²) in [5.41, 5.74) is 0. The van der Waals surface area contributed by atoms with E-state index in [4.69, 9.17) is 27.5 Å². The summed E-state index contributed by atoms with van der Waals surface area (Å²) in [6.07, 6.45) is 0. The molecular weight excluding hydrogens is 278 g/mol. The molecule has 2 rings (SSSR count). The van der Waals surface area contributed by atoms with Crippen molar-refractivity contribution in [3.8, 4) is 0 Å². The van der Waals surface area contributed by atoms with Gasteiger partial charge in [0.15, 0.2) is 0 Å². The van der Waals surface area contributed by atoms with Crippen LogP contribution in [0.25, 0.3) is 0 Å². The van der Waals surface area contributed by atoms with E-state index in [2.05, 4.69) is 0 Å². The van der Waals surface area contributed by atoms with Crippen LogP contribution in [0.5, 0.6) is 0 Å². The lowest BCUT2D eigenvalue weighted by Gasteiger charge is -2.14. The lowest BCUT2D eigenvalue weighted by Crippen LogP contribution is -2.15. The van der Waals surface area contributed by atoms with Crippen molar-refractivity contribution in [3.63, 3.8) is 0 Å². The third kappa shape index (κ3) is 2.56. The van der Waals surface area contributed by atoms with Crippen LogP contribution in [0, 0.1) is 0 Å². The Morgan fingerprint density at radius 2 is 1.41 bits per heavy atom. The van der Waals surface area contributed by atoms with Crippen LogP contribution in [-0.2, 0) is 8.64 Å². The molecule has 0 fully saturated rings. The summed E-state index contributed by atoms with van der Waals surface area (Å²) in [6, 6.07) is 15.5. The highest BCUT2D eigenvalue weighted by Crippen LogP contribution is 2.45. The first-order valence-electron chi connectivity index (χ1n) is 4.89. The molecule has 2 aromatic carbocycles. The maximum atomic E-state index is 12.7. The molecule has 0 radical (unpaired) electrons. The molecule has 0 aliphatic heterocycles. The zero-order chi connectivity index (χ0) is 12.3. The first-order chi connectivity index (χ1) is 8.16. The highest BCUT2D eigenvalue weighted by molar-refractivity contribution is 7.75. The first kappa shape index (κ1) is 12.7. The fourth-order valence-electron chi connectivity index (χ4n) is 1.49. The zero-order valence-electron chi connectivity index (χ0n) is 8.72. The van der Waals surface area contributed by atoms with Crippen molar-refractivity contribution in [1.82, 2.24) is 0 Å². The van der Waals surface area contributed by atoms with E-state index in [1.807, 2.05) is 6.07 Å². The summed E-state index contributed by atoms with van der Waals surface area (Å²) in [5.74, 6) is 0. The second-order valence-corrected chi connectivity index (χ2v) is 6.56. The van der Waals surface area contributed by atoms with Gasteiger partial charge in [0.25, 0.3) is 7.37 Å². The van der Waals surface area contributed by atoms with Gasteiger partial charge in [-0.15, -0.1) is 0 Å². The average molecular weight is 287 g/mol. The minimum absolute atomic E-state index is 0.517. The Bertz CT molecular complexity index is 540. The number of hydrogen-bond acceptors (Lipinski definition) is 2. The molecule has 0 spiro atoms. The van der Waals surface area contributed by atoms with Crippen LogP contribution in [0.3, 0.4) is 0 Å². The topological polar surface area (TPSA) is 26.3 Å². The Morgan fingerprint density at radius 1 is 0.882 bits per heavy atom. The largest absolute Gasteiger partial charge is 0.281 e. The Labute approximate surface area is 110 Å². The number of hydrogen-bond donors (Lipinski definition) is 0. The highest BCUT2D eigenvalue weighted by Gasteiger charge is 2.28. The van der Waals surface area contributed by atoms with Gasteiger partial charge in [0.05, 0.1) is 11.9 Å². The van der Waals surface area contributed by atoms with Gasteiger partial charge in [-0.3, -0.25) is 4.57 Å². The van der Waals surface area contributed by atoms with E-state index >= 15 is 0 Å². The van der Waals surface area contributed by atoms with Gasteiger partial charge in [0.2, 0.25) is 0 Å². The predicted molar refractivity (Wildman–Crippen MR) is 71.7 cm³/mol. The molecule has 0 saturated heterocycles. The molecule has 0 bridgehead atoms. The molecule has 0 aliphatic carbocycles. The average Bonchev–Trinajstić information content (AvgIpc) is 2.40. The summed E-state index contributed by atoms with van der Waals surface area (Å²) >= 11 is 11.2. The Morgan fingerprint density at radius 3 is 1.94 bits per heavy atom. The smallest absolute Gasteiger partial charge is 0.277 e. The standard InChI is InChI=1S/C12H9Cl2O2P/c13-10-6-8-12(9-7-10)17(15,16-14)11-4-2-1-3-5-11/h1-9H. The van der Waals surface area contributed by atoms with E-state index in [0.717, 1.165) is 0 Å². The molecular formula is C12H9Cl2O2P. The minimum Gasteiger partial charge on any atom is -0.281 e. The zero-order valence-corrected chi connectivity index (χ0v) is 11.1. The van der Waals surface area contributed by atoms with Crippen molar-refractivity contribution < 1.29 is 8.64 Å². The second-order valence-electron chi connectivity index (χ2n) is 3.43. The van der Waals surface area contributed by atoms with E-state index in [1.165, 1.54) is 0 Å². The lowest BCUT2D eigenvalue weighted by molar-refractivity contribution is 0.524. The van der Waals surface area contributed by atoms with Crippen molar-refractivity contribution in [3.05, 3.63) is 59.6 Å². The Hall–Kier alpha value is -0.790. The maximum Gasteiger partial charge on any atom is 0.277 e. The van der Waals surface area contributed by atoms with Gasteiger partial charge in [-0.05, 0) is 36.4 Å². The molecule has 17 heavy (non-hydrogen) atoms. The molecule has 1 atom stereocenters. The first-order valence-corrected chi connectivity index (χ1v) is 7.20. The monoisotopic (exact) mass is 286 g/mol. The summed E-state index contributed by atoms with van der Waals surface area (Å²) in [7, 11) is -3.22. The van der Waals surface area contributed by atoms with Crippen molar-refractivity contribution >= 4 is 41.4 Å². The molecule has 2 nitrogen and oxygen atoms in total. The molecule has 2 aromatic rings. The highest BCUT2D eigenvalue weighted by atomic mass is 35.5. The molecule has 0 amide bonds. The van der Waals surface area contributed by atoms with Gasteiger partial charge < -0.3 is 0 Å². The minimum atomic E-state index is -3.22. The van der Waals surface area contributed by atoms with Crippen LogP contribution < -0.4 is 10.6 Å². The molecule has 5 heteroatoms. The fraction of sp³-hybridized carbons (Fsp3) is 0. The van der Waals surface area contributed by atoms with Crippen molar-refractivity contribution in [2.24, 2.45) is 0 Å². The van der Waals surface area contributed by atoms with Crippen LogP contribution in [-0.4, -0.2) is 0 Å². The van der Waals surface area contributed by atoms with Crippen molar-refractivity contribution in [1.29, 1.82) is 0 Å². The van der Waals surface area contributed by atoms with E-state index < -0.39 is 7.37 Å². The Balaban J connectivity index is 2.52. The van der Waals surface area contributed by atoms with Gasteiger partial charge in [-0.25, -0.2) is 4.08 Å². The summed E-state index contributed by atoms with van der Waals surface area (Å²) in [6.45, 7) is 0. The van der Waals surface area contributed by atoms with E-state index in [-0.39, 0.29) is 0 Å². The van der Waals surface area contributed by atoms with E-state index in [1.54, 1.807) is 48.5 Å². The van der Waals surface area contributed by atoms with Crippen LogP contribution in [0.4, 0.5) is 0 Å². The number of rotatable bonds is 3. The van der Waals surface area contributed by atoms with Crippen LogP contribution >= 0.6 is 30.8 Å². The van der Waals surface area contributed by atoms with E-state index in [9.17, 15) is 4.57 Å². The summed E-state index contributed by atoms with van der Waals surface area (Å²) in [5, 5.41) is 1.64. The quantitative estimate of drug-likeness (QED) is 0.804. The SMILES string of the molecule is O=P(OCl)(c1ccccc1)c1ccc(Cl)cc1. The van der Waals surface area contributed by atoms with Gasteiger partial charge in [0.1, 0.15) is 0 Å². The summed E-state index contributed by atoms with van der Waals surface area (Å²) in [4.78, 5) is 0. The van der Waals surface area contributed by atoms with Gasteiger partial charge >= 0.3 is 0 Å². The lowest BCUT2D eigenvalue weighted by atomic mass is 10.4. The normalized spacial score (nSPS) is 14.2. The third-order valence-electron chi connectivity index (χ3n) is 2.36. The number of benzene rings is 2. The molecule has 0 aromatic heterocycles. The van der Waals surface area contributed by atoms with Crippen LogP contribution in [0.1, 0.15) is 0 Å². The molecule has 0 N–H and O–H groups in total. The van der Waals surface area contributed by atoms with Crippen molar-refractivity contribution in [2.45, 2.75) is 0 Å². The van der Waals surface area contributed by atoms with Gasteiger partial charge in [0, 0.05) is 15.6 Å². The van der Waals surface area contributed by atoms with Gasteiger partial charge in [-0.1, -0.05) is 29.8 Å². The molecule has 0 aliphatic rings. The summed E-state index contributed by atoms with van der Waals surface area (Å²) < 4.78 is 17.4. The third-order valence-corrected chi connectivity index (χ3v) is 5.35. The second kappa shape index (κ2) is 5.24. The van der Waals surface area contributed by atoms with E-state index in [0.29, 0.717) is 15.6 Å². The van der Waals surface area contributed by atoms with Gasteiger partial charge in [-0.2, -0.15) is 0 Å². The maximum absolute atomic E-state index is 12.7. The van der Waals surface area contributed by atoms with Crippen LogP contribution in [0.15, 0.2) is 54.6 Å². The predicted octanol–water partition coefficient (Wildman–Crippen LogP) is 3.74. The Kier molecular flexibility index (Phi) is 3.90. The molecule has 88 valence electrons. The number of halogens is 2. The molecule has 0 heterocycles. The van der Waals surface area contributed by atoms with Crippen LogP contribution in [0.2, 0.25) is 5.02 Å². The van der Waals surface area contributed by atoms with Crippen molar-refractivity contribution in [2.75, 3.05) is 0 Å².